The number of aromatic amines is 1. The number of thioether (sulfide) groups is 1. The van der Waals surface area contributed by atoms with Crippen molar-refractivity contribution in [1.29, 1.82) is 0 Å². The molecule has 1 saturated heterocycles. The zero-order valence-corrected chi connectivity index (χ0v) is 15.8. The van der Waals surface area contributed by atoms with Crippen molar-refractivity contribution >= 4 is 40.4 Å². The highest BCUT2D eigenvalue weighted by molar-refractivity contribution is 7.99. The molecule has 4 rings (SSSR count). The third-order valence-corrected chi connectivity index (χ3v) is 5.90. The van der Waals surface area contributed by atoms with E-state index in [-0.39, 0.29) is 11.7 Å². The van der Waals surface area contributed by atoms with E-state index in [2.05, 4.69) is 31.5 Å². The Morgan fingerprint density at radius 1 is 1.23 bits per heavy atom. The van der Waals surface area contributed by atoms with Crippen molar-refractivity contribution in [1.82, 2.24) is 15.2 Å². The van der Waals surface area contributed by atoms with Crippen LogP contribution in [0.25, 0.3) is 10.7 Å². The Bertz CT molecular complexity index is 871. The average molecular weight is 386 g/mol. The van der Waals surface area contributed by atoms with E-state index < -0.39 is 0 Å². The number of anilines is 2. The molecule has 6 nitrogen and oxygen atoms in total. The summed E-state index contributed by atoms with van der Waals surface area (Å²) >= 11 is 2.93. The van der Waals surface area contributed by atoms with Crippen molar-refractivity contribution in [3.63, 3.8) is 0 Å². The van der Waals surface area contributed by atoms with Crippen LogP contribution in [0.5, 0.6) is 0 Å². The smallest absolute Gasteiger partial charge is 0.234 e. The number of rotatable bonds is 6. The molecule has 1 fully saturated rings. The molecule has 134 valence electrons. The highest BCUT2D eigenvalue weighted by atomic mass is 32.2. The number of amides is 1. The first kappa shape index (κ1) is 17.1. The van der Waals surface area contributed by atoms with Crippen molar-refractivity contribution in [2.75, 3.05) is 29.1 Å². The summed E-state index contributed by atoms with van der Waals surface area (Å²) in [5.74, 6) is 0.960. The first-order valence-electron chi connectivity index (χ1n) is 8.52. The summed E-state index contributed by atoms with van der Waals surface area (Å²) in [5, 5.41) is 12.7. The molecule has 0 saturated carbocycles. The number of benzene rings is 1. The molecule has 1 amide bonds. The maximum Gasteiger partial charge on any atom is 0.234 e. The topological polar surface area (TPSA) is 73.9 Å². The van der Waals surface area contributed by atoms with Crippen LogP contribution in [-0.4, -0.2) is 39.9 Å². The molecule has 0 radical (unpaired) electrons. The minimum Gasteiger partial charge on any atom is -0.370 e. The zero-order valence-electron chi connectivity index (χ0n) is 14.1. The first-order valence-corrected chi connectivity index (χ1v) is 10.4. The molecule has 0 unspecified atom stereocenters. The van der Waals surface area contributed by atoms with Crippen molar-refractivity contribution in [3.05, 3.63) is 41.8 Å². The third-order valence-electron chi connectivity index (χ3n) is 4.18. The first-order chi connectivity index (χ1) is 12.8. The van der Waals surface area contributed by atoms with Gasteiger partial charge in [-0.05, 0) is 36.4 Å². The fourth-order valence-corrected chi connectivity index (χ4v) is 4.23. The van der Waals surface area contributed by atoms with E-state index >= 15 is 0 Å². The van der Waals surface area contributed by atoms with Gasteiger partial charge in [-0.1, -0.05) is 30.0 Å². The minimum atomic E-state index is -0.0517. The Labute approximate surface area is 160 Å². The highest BCUT2D eigenvalue weighted by Crippen LogP contribution is 2.29. The van der Waals surface area contributed by atoms with E-state index in [1.54, 1.807) is 11.3 Å². The van der Waals surface area contributed by atoms with Crippen molar-refractivity contribution in [3.8, 4) is 10.7 Å². The Balaban J connectivity index is 1.36. The summed E-state index contributed by atoms with van der Waals surface area (Å²) in [6, 6.07) is 11.9. The van der Waals surface area contributed by atoms with Crippen molar-refractivity contribution < 1.29 is 4.79 Å². The van der Waals surface area contributed by atoms with Gasteiger partial charge in [0.2, 0.25) is 11.1 Å². The maximum atomic E-state index is 12.4. The van der Waals surface area contributed by atoms with Crippen LogP contribution >= 0.6 is 23.1 Å². The summed E-state index contributed by atoms with van der Waals surface area (Å²) in [6.45, 7) is 2.09. The van der Waals surface area contributed by atoms with Gasteiger partial charge in [-0.2, -0.15) is 0 Å². The molecule has 3 aromatic rings. The average Bonchev–Trinajstić information content (AvgIpc) is 3.42. The fraction of sp³-hybridized carbons (Fsp3) is 0.278. The predicted octanol–water partition coefficient (Wildman–Crippen LogP) is 3.86. The Kier molecular flexibility index (Phi) is 5.21. The standard InChI is InChI=1S/C18H19N5OS2/c24-16(12-26-18-20-17(21-22-18)15-8-5-11-25-15)19-13-6-1-2-7-14(13)23-9-3-4-10-23/h1-2,5-8,11H,3-4,9-10,12H2,(H,19,24)(H,20,21,22). The fourth-order valence-electron chi connectivity index (χ4n) is 2.96. The van der Waals surface area contributed by atoms with Crippen LogP contribution in [-0.2, 0) is 4.79 Å². The number of para-hydroxylation sites is 2. The Morgan fingerprint density at radius 3 is 2.88 bits per heavy atom. The van der Waals surface area contributed by atoms with Gasteiger partial charge in [-0.15, -0.1) is 16.4 Å². The second-order valence-corrected chi connectivity index (χ2v) is 7.88. The molecule has 3 heterocycles. The maximum absolute atomic E-state index is 12.4. The lowest BCUT2D eigenvalue weighted by molar-refractivity contribution is -0.113. The monoisotopic (exact) mass is 385 g/mol. The molecule has 1 aliphatic rings. The van der Waals surface area contributed by atoms with Gasteiger partial charge in [0.25, 0.3) is 0 Å². The van der Waals surface area contributed by atoms with Gasteiger partial charge in [0.15, 0.2) is 5.82 Å². The van der Waals surface area contributed by atoms with Gasteiger partial charge >= 0.3 is 0 Å². The van der Waals surface area contributed by atoms with E-state index in [0.29, 0.717) is 5.16 Å². The lowest BCUT2D eigenvalue weighted by Gasteiger charge is -2.21. The third kappa shape index (κ3) is 3.91. The lowest BCUT2D eigenvalue weighted by Crippen LogP contribution is -2.21. The van der Waals surface area contributed by atoms with Crippen LogP contribution in [0, 0.1) is 0 Å². The number of nitrogens with one attached hydrogen (secondary N) is 2. The van der Waals surface area contributed by atoms with Gasteiger partial charge in [-0.3, -0.25) is 9.89 Å². The van der Waals surface area contributed by atoms with E-state index in [0.717, 1.165) is 35.2 Å². The normalized spacial score (nSPS) is 13.9. The van der Waals surface area contributed by atoms with E-state index in [9.17, 15) is 4.79 Å². The summed E-state index contributed by atoms with van der Waals surface area (Å²) in [7, 11) is 0. The Hall–Kier alpha value is -2.32. The minimum absolute atomic E-state index is 0.0517. The largest absolute Gasteiger partial charge is 0.370 e. The molecule has 8 heteroatoms. The molecule has 0 atom stereocenters. The SMILES string of the molecule is O=C(CSc1n[nH]c(-c2cccs2)n1)Nc1ccccc1N1CCCC1. The second kappa shape index (κ2) is 7.92. The molecule has 0 spiro atoms. The number of hydrogen-bond acceptors (Lipinski definition) is 6. The summed E-state index contributed by atoms with van der Waals surface area (Å²) in [4.78, 5) is 20.2. The number of thiophene rings is 1. The molecule has 0 aliphatic carbocycles. The Morgan fingerprint density at radius 2 is 2.08 bits per heavy atom. The number of nitrogens with zero attached hydrogens (tertiary/aromatic N) is 3. The van der Waals surface area contributed by atoms with Gasteiger partial charge < -0.3 is 10.2 Å². The van der Waals surface area contributed by atoms with Crippen LogP contribution in [0.1, 0.15) is 12.8 Å². The van der Waals surface area contributed by atoms with Crippen molar-refractivity contribution in [2.45, 2.75) is 18.0 Å². The van der Waals surface area contributed by atoms with Crippen LogP contribution in [0.2, 0.25) is 0 Å². The number of carbonyl (C=O) groups excluding carboxylic acids is 1. The van der Waals surface area contributed by atoms with Gasteiger partial charge in [0.1, 0.15) is 0 Å². The lowest BCUT2D eigenvalue weighted by atomic mass is 10.2. The summed E-state index contributed by atoms with van der Waals surface area (Å²) < 4.78 is 0. The molecule has 0 bridgehead atoms. The molecular weight excluding hydrogens is 366 g/mol. The number of carbonyl (C=O) groups is 1. The van der Waals surface area contributed by atoms with Crippen molar-refractivity contribution in [2.24, 2.45) is 0 Å². The molecule has 1 aromatic carbocycles. The molecule has 1 aliphatic heterocycles. The van der Waals surface area contributed by atoms with Gasteiger partial charge in [-0.25, -0.2) is 4.98 Å². The van der Waals surface area contributed by atoms with E-state index in [1.165, 1.54) is 24.6 Å². The van der Waals surface area contributed by atoms with E-state index in [4.69, 9.17) is 0 Å². The summed E-state index contributed by atoms with van der Waals surface area (Å²) in [5.41, 5.74) is 1.97. The summed E-state index contributed by atoms with van der Waals surface area (Å²) in [6.07, 6.45) is 2.41. The molecule has 26 heavy (non-hydrogen) atoms. The molecule has 2 N–H and O–H groups in total. The van der Waals surface area contributed by atoms with Gasteiger partial charge in [0, 0.05) is 13.1 Å². The molecular formula is C18H19N5OS2. The van der Waals surface area contributed by atoms with Crippen LogP contribution < -0.4 is 10.2 Å². The van der Waals surface area contributed by atoms with Crippen LogP contribution in [0.15, 0.2) is 46.9 Å². The highest BCUT2D eigenvalue weighted by Gasteiger charge is 2.17. The van der Waals surface area contributed by atoms with Crippen LogP contribution in [0.3, 0.4) is 0 Å². The second-order valence-electron chi connectivity index (χ2n) is 5.99. The zero-order chi connectivity index (χ0) is 17.8. The van der Waals surface area contributed by atoms with E-state index in [1.807, 2.05) is 35.7 Å². The van der Waals surface area contributed by atoms with Crippen LogP contribution in [0.4, 0.5) is 11.4 Å². The predicted molar refractivity (Wildman–Crippen MR) is 107 cm³/mol. The number of aromatic nitrogens is 3. The molecule has 2 aromatic heterocycles. The number of H-pyrrole nitrogens is 1. The quantitative estimate of drug-likeness (QED) is 0.630. The van der Waals surface area contributed by atoms with Gasteiger partial charge in [0.05, 0.1) is 22.0 Å². The number of hydrogen-bond donors (Lipinski definition) is 2.